The average Bonchev–Trinajstić information content (AvgIpc) is 3.13. The number of nitrogens with zero attached hydrogens (tertiary/aromatic N) is 2. The van der Waals surface area contributed by atoms with E-state index in [2.05, 4.69) is 9.97 Å². The first kappa shape index (κ1) is 11.1. The minimum Gasteiger partial charge on any atom is -0.388 e. The quantitative estimate of drug-likeness (QED) is 0.823. The third kappa shape index (κ3) is 2.07. The van der Waals surface area contributed by atoms with E-state index in [1.807, 2.05) is 0 Å². The van der Waals surface area contributed by atoms with Crippen LogP contribution in [0.15, 0.2) is 0 Å². The van der Waals surface area contributed by atoms with Crippen LogP contribution in [0.1, 0.15) is 60.5 Å². The van der Waals surface area contributed by atoms with Crippen LogP contribution < -0.4 is 5.73 Å². The third-order valence-electron chi connectivity index (χ3n) is 3.67. The van der Waals surface area contributed by atoms with Crippen LogP contribution in [0.5, 0.6) is 0 Å². The van der Waals surface area contributed by atoms with Gasteiger partial charge in [-0.1, -0.05) is 0 Å². The molecule has 1 fully saturated rings. The number of aryl methyl sites for hydroxylation is 1. The molecule has 0 radical (unpaired) electrons. The fourth-order valence-electron chi connectivity index (χ4n) is 2.62. The predicted octanol–water partition coefficient (Wildman–Crippen LogP) is 1.22. The Balaban J connectivity index is 2.05. The molecule has 17 heavy (non-hydrogen) atoms. The van der Waals surface area contributed by atoms with E-state index in [1.165, 1.54) is 12.8 Å². The number of rotatable bonds is 3. The molecule has 0 bridgehead atoms. The molecule has 4 heteroatoms. The predicted molar refractivity (Wildman–Crippen MR) is 64.7 cm³/mol. The Hall–Kier alpha value is -1.00. The minimum absolute atomic E-state index is 0.381. The molecular formula is C13H19N3O. The Morgan fingerprint density at radius 1 is 1.24 bits per heavy atom. The van der Waals surface area contributed by atoms with Gasteiger partial charge in [0.2, 0.25) is 0 Å². The van der Waals surface area contributed by atoms with Crippen LogP contribution in [0.3, 0.4) is 0 Å². The van der Waals surface area contributed by atoms with Crippen molar-refractivity contribution in [1.82, 2.24) is 9.97 Å². The second kappa shape index (κ2) is 4.35. The highest BCUT2D eigenvalue weighted by atomic mass is 16.3. The number of hydrogen-bond acceptors (Lipinski definition) is 4. The molecule has 3 N–H and O–H groups in total. The molecule has 0 amide bonds. The highest BCUT2D eigenvalue weighted by molar-refractivity contribution is 5.32. The van der Waals surface area contributed by atoms with Gasteiger partial charge in [0.25, 0.3) is 0 Å². The smallest absolute Gasteiger partial charge is 0.131 e. The van der Waals surface area contributed by atoms with E-state index in [-0.39, 0.29) is 6.10 Å². The van der Waals surface area contributed by atoms with Crippen molar-refractivity contribution in [2.45, 2.75) is 50.5 Å². The lowest BCUT2D eigenvalue weighted by Crippen LogP contribution is -2.19. The van der Waals surface area contributed by atoms with E-state index in [0.29, 0.717) is 12.5 Å². The van der Waals surface area contributed by atoms with Crippen LogP contribution >= 0.6 is 0 Å². The van der Waals surface area contributed by atoms with Crippen molar-refractivity contribution < 1.29 is 5.11 Å². The number of aliphatic hydroxyl groups is 1. The van der Waals surface area contributed by atoms with Crippen molar-refractivity contribution in [2.24, 2.45) is 5.73 Å². The molecule has 3 rings (SSSR count). The molecule has 1 saturated carbocycles. The maximum absolute atomic E-state index is 10.1. The summed E-state index contributed by atoms with van der Waals surface area (Å²) in [5.41, 5.74) is 8.68. The summed E-state index contributed by atoms with van der Waals surface area (Å²) >= 11 is 0. The number of fused-ring (bicyclic) bond motifs is 1. The zero-order valence-electron chi connectivity index (χ0n) is 10.0. The molecule has 0 spiro atoms. The SMILES string of the molecule is NCCc1nc(C2CC2)nc2c1C(O)CCC2. The molecule has 0 aliphatic heterocycles. The monoisotopic (exact) mass is 233 g/mol. The van der Waals surface area contributed by atoms with E-state index >= 15 is 0 Å². The maximum Gasteiger partial charge on any atom is 0.131 e. The molecule has 1 aromatic rings. The Kier molecular flexibility index (Phi) is 2.84. The maximum atomic E-state index is 10.1. The first-order valence-electron chi connectivity index (χ1n) is 6.57. The van der Waals surface area contributed by atoms with Crippen molar-refractivity contribution >= 4 is 0 Å². The number of hydrogen-bond donors (Lipinski definition) is 2. The van der Waals surface area contributed by atoms with E-state index in [1.54, 1.807) is 0 Å². The molecule has 0 aromatic carbocycles. The van der Waals surface area contributed by atoms with Crippen LogP contribution in [0.4, 0.5) is 0 Å². The van der Waals surface area contributed by atoms with Gasteiger partial charge in [-0.15, -0.1) is 0 Å². The van der Waals surface area contributed by atoms with Crippen LogP contribution in [-0.2, 0) is 12.8 Å². The normalized spacial score (nSPS) is 23.5. The Bertz CT molecular complexity index is 429. The first-order valence-corrected chi connectivity index (χ1v) is 6.57. The van der Waals surface area contributed by atoms with Gasteiger partial charge in [0.1, 0.15) is 5.82 Å². The van der Waals surface area contributed by atoms with E-state index < -0.39 is 0 Å². The summed E-state index contributed by atoms with van der Waals surface area (Å²) in [5.74, 6) is 1.55. The van der Waals surface area contributed by atoms with Gasteiger partial charge in [-0.3, -0.25) is 0 Å². The highest BCUT2D eigenvalue weighted by Crippen LogP contribution is 2.40. The van der Waals surface area contributed by atoms with E-state index in [0.717, 1.165) is 48.5 Å². The summed E-state index contributed by atoms with van der Waals surface area (Å²) < 4.78 is 0. The standard InChI is InChI=1S/C13H19N3O/c14-7-6-10-12-9(2-1-3-11(12)17)15-13(16-10)8-4-5-8/h8,11,17H,1-7,14H2. The Morgan fingerprint density at radius 2 is 2.06 bits per heavy atom. The molecule has 2 aliphatic carbocycles. The lowest BCUT2D eigenvalue weighted by Gasteiger charge is -2.23. The van der Waals surface area contributed by atoms with Crippen LogP contribution in [0, 0.1) is 0 Å². The fraction of sp³-hybridized carbons (Fsp3) is 0.692. The Labute approximate surface area is 101 Å². The van der Waals surface area contributed by atoms with Gasteiger partial charge in [-0.2, -0.15) is 0 Å². The zero-order chi connectivity index (χ0) is 11.8. The van der Waals surface area contributed by atoms with Gasteiger partial charge in [0.15, 0.2) is 0 Å². The van der Waals surface area contributed by atoms with E-state index in [4.69, 9.17) is 5.73 Å². The van der Waals surface area contributed by atoms with Crippen LogP contribution in [0.25, 0.3) is 0 Å². The largest absolute Gasteiger partial charge is 0.388 e. The summed E-state index contributed by atoms with van der Waals surface area (Å²) in [4.78, 5) is 9.29. The summed E-state index contributed by atoms with van der Waals surface area (Å²) in [7, 11) is 0. The number of nitrogens with two attached hydrogens (primary N) is 1. The highest BCUT2D eigenvalue weighted by Gasteiger charge is 2.30. The van der Waals surface area contributed by atoms with Crippen molar-refractivity contribution in [3.8, 4) is 0 Å². The average molecular weight is 233 g/mol. The van der Waals surface area contributed by atoms with Gasteiger partial charge in [0, 0.05) is 17.9 Å². The van der Waals surface area contributed by atoms with Gasteiger partial charge < -0.3 is 10.8 Å². The minimum atomic E-state index is -0.381. The second-order valence-electron chi connectivity index (χ2n) is 5.11. The van der Waals surface area contributed by atoms with Crippen LogP contribution in [-0.4, -0.2) is 21.6 Å². The van der Waals surface area contributed by atoms with Crippen molar-refractivity contribution in [3.05, 3.63) is 22.8 Å². The van der Waals surface area contributed by atoms with Crippen molar-refractivity contribution in [1.29, 1.82) is 0 Å². The summed E-state index contributed by atoms with van der Waals surface area (Å²) in [6.45, 7) is 0.584. The number of aromatic nitrogens is 2. The second-order valence-corrected chi connectivity index (χ2v) is 5.11. The third-order valence-corrected chi connectivity index (χ3v) is 3.67. The molecule has 1 heterocycles. The molecule has 1 unspecified atom stereocenters. The lowest BCUT2D eigenvalue weighted by molar-refractivity contribution is 0.153. The van der Waals surface area contributed by atoms with Gasteiger partial charge in [-0.05, 0) is 38.6 Å². The first-order chi connectivity index (χ1) is 8.29. The molecule has 1 atom stereocenters. The fourth-order valence-corrected chi connectivity index (χ4v) is 2.62. The van der Waals surface area contributed by atoms with Crippen molar-refractivity contribution in [3.63, 3.8) is 0 Å². The topological polar surface area (TPSA) is 72.0 Å². The summed E-state index contributed by atoms with van der Waals surface area (Å²) in [5, 5.41) is 10.1. The molecule has 92 valence electrons. The molecule has 4 nitrogen and oxygen atoms in total. The number of aliphatic hydroxyl groups excluding tert-OH is 1. The van der Waals surface area contributed by atoms with Crippen molar-refractivity contribution in [2.75, 3.05) is 6.54 Å². The molecular weight excluding hydrogens is 214 g/mol. The summed E-state index contributed by atoms with van der Waals surface area (Å²) in [6.07, 6.45) is 5.63. The van der Waals surface area contributed by atoms with Gasteiger partial charge in [-0.25, -0.2) is 9.97 Å². The Morgan fingerprint density at radius 3 is 2.76 bits per heavy atom. The van der Waals surface area contributed by atoms with E-state index in [9.17, 15) is 5.11 Å². The molecule has 2 aliphatic rings. The lowest BCUT2D eigenvalue weighted by atomic mass is 9.91. The van der Waals surface area contributed by atoms with Gasteiger partial charge in [0.05, 0.1) is 17.5 Å². The molecule has 0 saturated heterocycles. The summed E-state index contributed by atoms with van der Waals surface area (Å²) in [6, 6.07) is 0. The van der Waals surface area contributed by atoms with Crippen LogP contribution in [0.2, 0.25) is 0 Å². The van der Waals surface area contributed by atoms with Gasteiger partial charge >= 0.3 is 0 Å². The zero-order valence-corrected chi connectivity index (χ0v) is 10.0. The molecule has 1 aromatic heterocycles.